The number of ether oxygens (including phenoxy) is 1. The lowest BCUT2D eigenvalue weighted by Crippen LogP contribution is -2.29. The molecule has 6 heteroatoms. The summed E-state index contributed by atoms with van der Waals surface area (Å²) in [6.45, 7) is 4.04. The molecular weight excluding hydrogens is 314 g/mol. The largest absolute Gasteiger partial charge is 0.461 e. The molecule has 1 fully saturated rings. The van der Waals surface area contributed by atoms with Gasteiger partial charge in [-0.05, 0) is 32.1 Å². The highest BCUT2D eigenvalue weighted by Gasteiger charge is 2.24. The van der Waals surface area contributed by atoms with E-state index >= 15 is 0 Å². The molecule has 0 aromatic heterocycles. The van der Waals surface area contributed by atoms with Crippen LogP contribution in [0.5, 0.6) is 0 Å². The number of alkyl halides is 1. The van der Waals surface area contributed by atoms with Crippen LogP contribution in [0.4, 0.5) is 0 Å². The van der Waals surface area contributed by atoms with Crippen LogP contribution in [0.3, 0.4) is 0 Å². The minimum Gasteiger partial charge on any atom is -0.461 e. The van der Waals surface area contributed by atoms with Gasteiger partial charge < -0.3 is 9.57 Å². The molecule has 1 aliphatic rings. The topological polar surface area (TPSA) is 65.0 Å². The van der Waals surface area contributed by atoms with E-state index in [9.17, 15) is 9.59 Å². The number of esters is 1. The first-order chi connectivity index (χ1) is 9.08. The molecule has 0 bridgehead atoms. The predicted octanol–water partition coefficient (Wildman–Crippen LogP) is 2.46. The highest BCUT2D eigenvalue weighted by molar-refractivity contribution is 9.09. The summed E-state index contributed by atoms with van der Waals surface area (Å²) in [6, 6.07) is 0. The Bertz CT molecular complexity index is 357. The maximum Gasteiger partial charge on any atom is 0.364 e. The Balaban J connectivity index is 2.65. The third-order valence-electron chi connectivity index (χ3n) is 3.04. The van der Waals surface area contributed by atoms with Crippen LogP contribution in [0.2, 0.25) is 0 Å². The zero-order valence-electron chi connectivity index (χ0n) is 11.4. The monoisotopic (exact) mass is 333 g/mol. The summed E-state index contributed by atoms with van der Waals surface area (Å²) in [5.74, 6) is -0.565. The van der Waals surface area contributed by atoms with Gasteiger partial charge in [0.25, 0.3) is 0 Å². The van der Waals surface area contributed by atoms with E-state index in [1.165, 1.54) is 6.42 Å². The fourth-order valence-electron chi connectivity index (χ4n) is 2.07. The first kappa shape index (κ1) is 16.1. The van der Waals surface area contributed by atoms with Crippen molar-refractivity contribution in [2.24, 2.45) is 11.1 Å². The van der Waals surface area contributed by atoms with E-state index in [1.54, 1.807) is 6.92 Å². The minimum absolute atomic E-state index is 0.0173. The second-order valence-corrected chi connectivity index (χ2v) is 5.28. The maximum atomic E-state index is 11.6. The molecule has 0 spiro atoms. The van der Waals surface area contributed by atoms with Crippen molar-refractivity contribution in [2.75, 3.05) is 11.9 Å². The van der Waals surface area contributed by atoms with E-state index in [1.807, 2.05) is 0 Å². The number of hydrogen-bond donors (Lipinski definition) is 0. The second kappa shape index (κ2) is 8.30. The molecule has 0 aromatic carbocycles. The SMILES string of the molecule is CCOC(=O)/C(=N\O[C@H]1CCC[C@@H](C)C1)C(=O)CBr. The van der Waals surface area contributed by atoms with Crippen molar-refractivity contribution in [3.05, 3.63) is 0 Å². The van der Waals surface area contributed by atoms with Gasteiger partial charge >= 0.3 is 5.97 Å². The number of halogens is 1. The predicted molar refractivity (Wildman–Crippen MR) is 75.4 cm³/mol. The molecule has 0 unspecified atom stereocenters. The van der Waals surface area contributed by atoms with E-state index in [0.29, 0.717) is 5.92 Å². The Hall–Kier alpha value is -0.910. The van der Waals surface area contributed by atoms with Crippen LogP contribution in [0, 0.1) is 5.92 Å². The lowest BCUT2D eigenvalue weighted by atomic mass is 9.89. The number of ketones is 1. The molecule has 1 saturated carbocycles. The Labute approximate surface area is 121 Å². The van der Waals surface area contributed by atoms with Crippen molar-refractivity contribution in [3.63, 3.8) is 0 Å². The van der Waals surface area contributed by atoms with Crippen LogP contribution in [-0.4, -0.2) is 35.5 Å². The van der Waals surface area contributed by atoms with Gasteiger partial charge in [-0.2, -0.15) is 0 Å². The Morgan fingerprint density at radius 3 is 2.68 bits per heavy atom. The van der Waals surface area contributed by atoms with Crippen LogP contribution < -0.4 is 0 Å². The molecule has 0 saturated heterocycles. The lowest BCUT2D eigenvalue weighted by Gasteiger charge is -2.24. The number of hydrogen-bond acceptors (Lipinski definition) is 5. The van der Waals surface area contributed by atoms with Crippen LogP contribution in [-0.2, 0) is 19.2 Å². The molecule has 108 valence electrons. The number of carbonyl (C=O) groups excluding carboxylic acids is 2. The third-order valence-corrected chi connectivity index (χ3v) is 3.54. The minimum atomic E-state index is -0.726. The van der Waals surface area contributed by atoms with Gasteiger partial charge in [0.2, 0.25) is 11.5 Å². The molecule has 19 heavy (non-hydrogen) atoms. The Morgan fingerprint density at radius 2 is 2.11 bits per heavy atom. The smallest absolute Gasteiger partial charge is 0.364 e. The van der Waals surface area contributed by atoms with E-state index in [-0.39, 0.29) is 23.8 Å². The summed E-state index contributed by atoms with van der Waals surface area (Å²) in [6.07, 6.45) is 4.07. The number of rotatable bonds is 6. The van der Waals surface area contributed by atoms with Crippen molar-refractivity contribution in [2.45, 2.75) is 45.6 Å². The number of Topliss-reactive ketones (excluding diaryl/α,β-unsaturated/α-hetero) is 1. The summed E-state index contributed by atoms with van der Waals surface area (Å²) >= 11 is 3.02. The molecule has 0 aliphatic heterocycles. The summed E-state index contributed by atoms with van der Waals surface area (Å²) < 4.78 is 4.80. The highest BCUT2D eigenvalue weighted by atomic mass is 79.9. The van der Waals surface area contributed by atoms with Crippen molar-refractivity contribution in [1.29, 1.82) is 0 Å². The summed E-state index contributed by atoms with van der Waals surface area (Å²) in [4.78, 5) is 28.6. The third kappa shape index (κ3) is 5.30. The van der Waals surface area contributed by atoms with Crippen molar-refractivity contribution in [3.8, 4) is 0 Å². The average Bonchev–Trinajstić information content (AvgIpc) is 2.39. The standard InChI is InChI=1S/C13H20BrNO4/c1-3-18-13(17)12(11(16)8-14)15-19-10-6-4-5-9(2)7-10/h9-10H,3-8H2,1-2H3/b15-12-/t9-,10+/m1/s1. The molecule has 0 amide bonds. The van der Waals surface area contributed by atoms with Crippen molar-refractivity contribution < 1.29 is 19.2 Å². The van der Waals surface area contributed by atoms with E-state index in [4.69, 9.17) is 9.57 Å². The molecule has 0 radical (unpaired) electrons. The molecule has 1 rings (SSSR count). The summed E-state index contributed by atoms with van der Waals surface area (Å²) in [7, 11) is 0. The van der Waals surface area contributed by atoms with Crippen molar-refractivity contribution in [1.82, 2.24) is 0 Å². The normalized spacial score (nSPS) is 23.8. The number of carbonyl (C=O) groups is 2. The zero-order valence-corrected chi connectivity index (χ0v) is 12.9. The zero-order chi connectivity index (χ0) is 14.3. The first-order valence-corrected chi connectivity index (χ1v) is 7.70. The Morgan fingerprint density at radius 1 is 1.37 bits per heavy atom. The molecule has 1 aliphatic carbocycles. The number of nitrogens with zero attached hydrogens (tertiary/aromatic N) is 1. The first-order valence-electron chi connectivity index (χ1n) is 6.58. The van der Waals surface area contributed by atoms with Gasteiger partial charge in [0.1, 0.15) is 6.10 Å². The molecule has 2 atom stereocenters. The lowest BCUT2D eigenvalue weighted by molar-refractivity contribution is -0.136. The molecule has 0 heterocycles. The van der Waals surface area contributed by atoms with Gasteiger partial charge in [0, 0.05) is 0 Å². The van der Waals surface area contributed by atoms with Crippen LogP contribution >= 0.6 is 15.9 Å². The van der Waals surface area contributed by atoms with E-state index < -0.39 is 11.8 Å². The van der Waals surface area contributed by atoms with Gasteiger partial charge in [-0.25, -0.2) is 4.79 Å². The van der Waals surface area contributed by atoms with Crippen molar-refractivity contribution >= 4 is 33.4 Å². The summed E-state index contributed by atoms with van der Waals surface area (Å²) in [5, 5.41) is 3.76. The van der Waals surface area contributed by atoms with E-state index in [2.05, 4.69) is 28.0 Å². The van der Waals surface area contributed by atoms with Crippen LogP contribution in [0.25, 0.3) is 0 Å². The number of oxime groups is 1. The van der Waals surface area contributed by atoms with Gasteiger partial charge in [-0.3, -0.25) is 4.79 Å². The Kier molecular flexibility index (Phi) is 7.05. The van der Waals surface area contributed by atoms with Gasteiger partial charge in [-0.1, -0.05) is 34.4 Å². The van der Waals surface area contributed by atoms with Gasteiger partial charge in [-0.15, -0.1) is 0 Å². The van der Waals surface area contributed by atoms with Crippen LogP contribution in [0.15, 0.2) is 5.16 Å². The molecular formula is C13H20BrNO4. The van der Waals surface area contributed by atoms with Crippen LogP contribution in [0.1, 0.15) is 39.5 Å². The summed E-state index contributed by atoms with van der Waals surface area (Å²) in [5.41, 5.74) is -0.267. The van der Waals surface area contributed by atoms with Gasteiger partial charge in [0.15, 0.2) is 0 Å². The average molecular weight is 334 g/mol. The quantitative estimate of drug-likeness (QED) is 0.246. The maximum absolute atomic E-state index is 11.6. The molecule has 0 N–H and O–H groups in total. The molecule has 0 aromatic rings. The van der Waals surface area contributed by atoms with Gasteiger partial charge in [0.05, 0.1) is 11.9 Å². The second-order valence-electron chi connectivity index (χ2n) is 4.72. The fourth-order valence-corrected chi connectivity index (χ4v) is 2.33. The fraction of sp³-hybridized carbons (Fsp3) is 0.769. The highest BCUT2D eigenvalue weighted by Crippen LogP contribution is 2.25. The van der Waals surface area contributed by atoms with E-state index in [0.717, 1.165) is 19.3 Å². The molecule has 5 nitrogen and oxygen atoms in total.